The van der Waals surface area contributed by atoms with Gasteiger partial charge in [-0.15, -0.1) is 0 Å². The molecule has 4 aliphatic heterocycles. The van der Waals surface area contributed by atoms with Gasteiger partial charge in [0, 0.05) is 80.7 Å². The second kappa shape index (κ2) is 17.2. The molecule has 302 valence electrons. The number of β-amino-alcohol motifs (C(OH)–C–C–N with tert-alkyl or cyclic N) is 1. The molecule has 3 fully saturated rings. The summed E-state index contributed by atoms with van der Waals surface area (Å²) in [5.41, 5.74) is 13.9. The molecule has 0 aliphatic carbocycles. The SMILES string of the molecule is CC(N)=C(c1ccccc1)c1nc(-c2cccc(CCN3CCC(c4cc(F)cc5c4CN(C4CCC(=O)NC4=O)C5=O)CC3)c2)cc(N2CCN(CCO)CC2)n1. The van der Waals surface area contributed by atoms with E-state index in [1.54, 1.807) is 6.07 Å². The van der Waals surface area contributed by atoms with E-state index >= 15 is 0 Å². The van der Waals surface area contributed by atoms with Crippen LogP contribution in [0.3, 0.4) is 0 Å². The molecular formula is C45H51FN8O4. The van der Waals surface area contributed by atoms with E-state index in [9.17, 15) is 23.9 Å². The van der Waals surface area contributed by atoms with Gasteiger partial charge >= 0.3 is 0 Å². The van der Waals surface area contributed by atoms with Gasteiger partial charge in [-0.05, 0) is 92.1 Å². The van der Waals surface area contributed by atoms with Crippen molar-refractivity contribution < 1.29 is 23.9 Å². The first-order chi connectivity index (χ1) is 28.1. The van der Waals surface area contributed by atoms with Crippen LogP contribution in [0.2, 0.25) is 0 Å². The van der Waals surface area contributed by atoms with E-state index in [1.165, 1.54) is 16.5 Å². The highest BCUT2D eigenvalue weighted by atomic mass is 19.1. The van der Waals surface area contributed by atoms with E-state index in [1.807, 2.05) is 37.3 Å². The van der Waals surface area contributed by atoms with E-state index in [0.717, 1.165) is 104 Å². The minimum atomic E-state index is -0.731. The molecule has 13 heteroatoms. The van der Waals surface area contributed by atoms with Crippen LogP contribution in [-0.4, -0.2) is 113 Å². The van der Waals surface area contributed by atoms with Gasteiger partial charge in [0.15, 0.2) is 5.82 Å². The number of allylic oxidation sites excluding steroid dienone is 1. The van der Waals surface area contributed by atoms with E-state index in [-0.39, 0.29) is 43.7 Å². The molecule has 3 amide bonds. The van der Waals surface area contributed by atoms with Crippen molar-refractivity contribution in [1.82, 2.24) is 30.0 Å². The van der Waals surface area contributed by atoms with Crippen LogP contribution < -0.4 is 16.0 Å². The number of aliphatic hydroxyl groups is 1. The first-order valence-corrected chi connectivity index (χ1v) is 20.4. The number of hydrogen-bond acceptors (Lipinski definition) is 10. The third-order valence-corrected chi connectivity index (χ3v) is 12.1. The fraction of sp³-hybridized carbons (Fsp3) is 0.400. The van der Waals surface area contributed by atoms with Crippen molar-refractivity contribution in [3.05, 3.63) is 118 Å². The summed E-state index contributed by atoms with van der Waals surface area (Å²) in [4.78, 5) is 56.5. The molecule has 8 rings (SSSR count). The highest BCUT2D eigenvalue weighted by Gasteiger charge is 2.41. The third kappa shape index (κ3) is 8.38. The minimum Gasteiger partial charge on any atom is -0.402 e. The number of nitrogens with one attached hydrogen (secondary N) is 1. The second-order valence-corrected chi connectivity index (χ2v) is 15.9. The Hall–Kier alpha value is -5.50. The number of benzene rings is 3. The number of imide groups is 1. The maximum absolute atomic E-state index is 15.0. The number of piperazine rings is 1. The van der Waals surface area contributed by atoms with Crippen molar-refractivity contribution in [3.8, 4) is 11.3 Å². The van der Waals surface area contributed by atoms with Crippen molar-refractivity contribution in [3.63, 3.8) is 0 Å². The van der Waals surface area contributed by atoms with Gasteiger partial charge in [-0.25, -0.2) is 14.4 Å². The summed E-state index contributed by atoms with van der Waals surface area (Å²) in [6.45, 7) is 8.76. The summed E-state index contributed by atoms with van der Waals surface area (Å²) in [6, 6.07) is 22.8. The lowest BCUT2D eigenvalue weighted by Gasteiger charge is -2.35. The average molecular weight is 787 g/mol. The Morgan fingerprint density at radius 3 is 2.36 bits per heavy atom. The van der Waals surface area contributed by atoms with Gasteiger partial charge in [-0.2, -0.15) is 0 Å². The number of hydrogen-bond donors (Lipinski definition) is 3. The van der Waals surface area contributed by atoms with Crippen LogP contribution in [0.4, 0.5) is 10.2 Å². The van der Waals surface area contributed by atoms with Crippen LogP contribution in [0.25, 0.3) is 16.8 Å². The standard InChI is InChI=1S/C45H51FN8O4/c1-29(47)42(32-7-3-2-4-8-32)43-48-38(27-40(49-43)53-20-18-52(19-21-53)22-23-55)33-9-5-6-30(24-33)12-15-51-16-13-31(14-17-51)35-25-34(46)26-36-37(35)28-54(45(36)58)39-10-11-41(56)50-44(39)57/h2-9,24-27,31,39,55H,10-23,28,47H2,1H3,(H,50,56,57). The zero-order chi connectivity index (χ0) is 40.3. The van der Waals surface area contributed by atoms with Gasteiger partial charge < -0.3 is 25.5 Å². The molecule has 3 saturated heterocycles. The molecule has 0 radical (unpaired) electrons. The highest BCUT2D eigenvalue weighted by Crippen LogP contribution is 2.38. The summed E-state index contributed by atoms with van der Waals surface area (Å²) in [5, 5.41) is 11.8. The largest absolute Gasteiger partial charge is 0.402 e. The van der Waals surface area contributed by atoms with Crippen LogP contribution in [0.15, 0.2) is 78.5 Å². The lowest BCUT2D eigenvalue weighted by atomic mass is 9.85. The topological polar surface area (TPSA) is 148 Å². The van der Waals surface area contributed by atoms with Gasteiger partial charge in [0.25, 0.3) is 5.91 Å². The average Bonchev–Trinajstić information content (AvgIpc) is 3.55. The second-order valence-electron chi connectivity index (χ2n) is 15.9. The number of aliphatic hydroxyl groups excluding tert-OH is 1. The van der Waals surface area contributed by atoms with Gasteiger partial charge in [-0.1, -0.05) is 48.5 Å². The van der Waals surface area contributed by atoms with Crippen LogP contribution in [0.1, 0.15) is 77.0 Å². The smallest absolute Gasteiger partial charge is 0.255 e. The Bertz CT molecular complexity index is 2210. The van der Waals surface area contributed by atoms with E-state index in [2.05, 4.69) is 50.3 Å². The molecule has 1 aromatic heterocycles. The van der Waals surface area contributed by atoms with E-state index in [0.29, 0.717) is 23.6 Å². The van der Waals surface area contributed by atoms with E-state index in [4.69, 9.17) is 15.7 Å². The number of fused-ring (bicyclic) bond motifs is 1. The molecule has 0 spiro atoms. The lowest BCUT2D eigenvalue weighted by Crippen LogP contribution is -2.52. The fourth-order valence-electron chi connectivity index (χ4n) is 8.99. The van der Waals surface area contributed by atoms with Crippen LogP contribution >= 0.6 is 0 Å². The first-order valence-electron chi connectivity index (χ1n) is 20.4. The van der Waals surface area contributed by atoms with Gasteiger partial charge in [0.2, 0.25) is 11.8 Å². The number of nitrogens with zero attached hydrogens (tertiary/aromatic N) is 6. The predicted octanol–water partition coefficient (Wildman–Crippen LogP) is 4.32. The molecule has 0 bridgehead atoms. The molecule has 4 aromatic rings. The Kier molecular flexibility index (Phi) is 11.6. The number of anilines is 1. The molecule has 1 atom stereocenters. The van der Waals surface area contributed by atoms with Crippen molar-refractivity contribution in [2.24, 2.45) is 5.73 Å². The summed E-state index contributed by atoms with van der Waals surface area (Å²) in [5.74, 6) is -0.0535. The fourth-order valence-corrected chi connectivity index (χ4v) is 8.99. The lowest BCUT2D eigenvalue weighted by molar-refractivity contribution is -0.136. The highest BCUT2D eigenvalue weighted by molar-refractivity contribution is 6.05. The Morgan fingerprint density at radius 2 is 1.64 bits per heavy atom. The summed E-state index contributed by atoms with van der Waals surface area (Å²) in [6.07, 6.45) is 2.96. The molecular weight excluding hydrogens is 736 g/mol. The molecule has 4 aliphatic rings. The number of aromatic nitrogens is 2. The predicted molar refractivity (Wildman–Crippen MR) is 220 cm³/mol. The number of carbonyl (C=O) groups is 3. The van der Waals surface area contributed by atoms with Crippen LogP contribution in [-0.2, 0) is 22.6 Å². The molecule has 3 aromatic carbocycles. The third-order valence-electron chi connectivity index (χ3n) is 12.1. The summed E-state index contributed by atoms with van der Waals surface area (Å²) >= 11 is 0. The normalized spacial score (nSPS) is 20.0. The number of carbonyl (C=O) groups excluding carboxylic acids is 3. The zero-order valence-corrected chi connectivity index (χ0v) is 33.0. The van der Waals surface area contributed by atoms with Crippen molar-refractivity contribution in [1.29, 1.82) is 0 Å². The molecule has 5 heterocycles. The number of halogens is 1. The van der Waals surface area contributed by atoms with Crippen molar-refractivity contribution >= 4 is 29.1 Å². The molecule has 12 nitrogen and oxygen atoms in total. The maximum Gasteiger partial charge on any atom is 0.255 e. The van der Waals surface area contributed by atoms with Crippen LogP contribution in [0.5, 0.6) is 0 Å². The maximum atomic E-state index is 15.0. The molecule has 1 unspecified atom stereocenters. The summed E-state index contributed by atoms with van der Waals surface area (Å²) in [7, 11) is 0. The quantitative estimate of drug-likeness (QED) is 0.188. The molecule has 58 heavy (non-hydrogen) atoms. The Labute approximate surface area is 338 Å². The van der Waals surface area contributed by atoms with Crippen LogP contribution in [0, 0.1) is 5.82 Å². The Balaban J connectivity index is 0.961. The molecule has 4 N–H and O–H groups in total. The number of nitrogens with two attached hydrogens (primary N) is 1. The van der Waals surface area contributed by atoms with Gasteiger partial charge in [0.05, 0.1) is 12.3 Å². The number of amides is 3. The van der Waals surface area contributed by atoms with E-state index < -0.39 is 17.8 Å². The number of likely N-dealkylation sites (tertiary alicyclic amines) is 1. The van der Waals surface area contributed by atoms with Gasteiger partial charge in [0.1, 0.15) is 17.7 Å². The molecule has 0 saturated carbocycles. The first kappa shape index (κ1) is 39.3. The number of rotatable bonds is 11. The Morgan fingerprint density at radius 1 is 0.879 bits per heavy atom. The van der Waals surface area contributed by atoms with Crippen molar-refractivity contribution in [2.75, 3.05) is 63.9 Å². The minimum absolute atomic E-state index is 0.101. The zero-order valence-electron chi connectivity index (χ0n) is 33.0. The van der Waals surface area contributed by atoms with Gasteiger partial charge in [-0.3, -0.25) is 24.6 Å². The number of piperidine rings is 2. The van der Waals surface area contributed by atoms with Crippen molar-refractivity contribution in [2.45, 2.75) is 57.5 Å². The monoisotopic (exact) mass is 786 g/mol. The summed E-state index contributed by atoms with van der Waals surface area (Å²) < 4.78 is 15.0.